The van der Waals surface area contributed by atoms with Crippen LogP contribution in [0.5, 0.6) is 0 Å². The zero-order valence-corrected chi connectivity index (χ0v) is 18.8. The molecule has 1 amide bonds. The maximum atomic E-state index is 13.3. The largest absolute Gasteiger partial charge is 0.369 e. The van der Waals surface area contributed by atoms with E-state index in [0.717, 1.165) is 36.9 Å². The van der Waals surface area contributed by atoms with Gasteiger partial charge in [-0.25, -0.2) is 9.13 Å². The van der Waals surface area contributed by atoms with Gasteiger partial charge in [-0.3, -0.25) is 4.79 Å². The summed E-state index contributed by atoms with van der Waals surface area (Å²) in [5, 5.41) is 0. The van der Waals surface area contributed by atoms with Crippen molar-refractivity contribution in [2.75, 3.05) is 0 Å². The van der Waals surface area contributed by atoms with Gasteiger partial charge in [0.05, 0.1) is 0 Å². The summed E-state index contributed by atoms with van der Waals surface area (Å²) in [6, 6.07) is 31.0. The van der Waals surface area contributed by atoms with Gasteiger partial charge in [-0.2, -0.15) is 0 Å². The third-order valence-electron chi connectivity index (χ3n) is 7.21. The van der Waals surface area contributed by atoms with Gasteiger partial charge in [0, 0.05) is 0 Å². The van der Waals surface area contributed by atoms with E-state index in [0.29, 0.717) is 6.04 Å². The predicted octanol–water partition coefficient (Wildman–Crippen LogP) is 4.64. The van der Waals surface area contributed by atoms with Crippen LogP contribution in [0.2, 0.25) is 0 Å². The summed E-state index contributed by atoms with van der Waals surface area (Å²) in [6.45, 7) is 0.850. The second-order valence-corrected chi connectivity index (χ2v) is 9.09. The summed E-state index contributed by atoms with van der Waals surface area (Å²) < 4.78 is 4.53. The molecule has 1 aromatic heterocycles. The molecule has 166 valence electrons. The summed E-state index contributed by atoms with van der Waals surface area (Å²) >= 11 is 0. The molecule has 4 aromatic rings. The van der Waals surface area contributed by atoms with Crippen LogP contribution < -0.4 is 10.3 Å². The Morgan fingerprint density at radius 2 is 1.45 bits per heavy atom. The van der Waals surface area contributed by atoms with Crippen molar-refractivity contribution in [3.8, 4) is 0 Å². The fraction of sp³-hybridized carbons (Fsp3) is 0.241. The Morgan fingerprint density at radius 3 is 2.03 bits per heavy atom. The topological polar surface area (TPSA) is 51.9 Å². The van der Waals surface area contributed by atoms with Gasteiger partial charge in [-0.1, -0.05) is 91.0 Å². The van der Waals surface area contributed by atoms with Gasteiger partial charge in [0.15, 0.2) is 0 Å². The zero-order valence-electron chi connectivity index (χ0n) is 18.8. The average Bonchev–Trinajstić information content (AvgIpc) is 3.52. The average molecular weight is 437 g/mol. The van der Waals surface area contributed by atoms with Gasteiger partial charge in [-0.15, -0.1) is 0 Å². The SMILES string of the molecule is NC(=O)C(c1ccccc1)(c1ccccc1)C1CCC(n2cc[n+](Cc3ccccc3)c2)C1. The molecule has 2 unspecified atom stereocenters. The number of primary amides is 1. The summed E-state index contributed by atoms with van der Waals surface area (Å²) in [6.07, 6.45) is 9.38. The lowest BCUT2D eigenvalue weighted by atomic mass is 9.64. The number of benzene rings is 3. The molecule has 1 fully saturated rings. The highest BCUT2D eigenvalue weighted by atomic mass is 16.1. The maximum absolute atomic E-state index is 13.3. The van der Waals surface area contributed by atoms with Crippen molar-refractivity contribution in [1.29, 1.82) is 0 Å². The minimum atomic E-state index is -0.829. The van der Waals surface area contributed by atoms with Crippen LogP contribution in [0, 0.1) is 5.92 Å². The highest BCUT2D eigenvalue weighted by Crippen LogP contribution is 2.49. The molecular formula is C29H30N3O+. The van der Waals surface area contributed by atoms with E-state index >= 15 is 0 Å². The van der Waals surface area contributed by atoms with Crippen LogP contribution >= 0.6 is 0 Å². The van der Waals surface area contributed by atoms with Gasteiger partial charge in [0.25, 0.3) is 0 Å². The first-order valence-electron chi connectivity index (χ1n) is 11.7. The van der Waals surface area contributed by atoms with Crippen LogP contribution in [-0.4, -0.2) is 10.5 Å². The Balaban J connectivity index is 1.45. The van der Waals surface area contributed by atoms with E-state index in [-0.39, 0.29) is 11.8 Å². The monoisotopic (exact) mass is 436 g/mol. The molecule has 1 heterocycles. The van der Waals surface area contributed by atoms with E-state index in [4.69, 9.17) is 5.73 Å². The molecule has 4 heteroatoms. The van der Waals surface area contributed by atoms with Crippen LogP contribution in [0.15, 0.2) is 110 Å². The van der Waals surface area contributed by atoms with E-state index in [9.17, 15) is 4.79 Å². The Hall–Kier alpha value is -3.66. The molecule has 0 bridgehead atoms. The normalized spacial score (nSPS) is 18.3. The second kappa shape index (κ2) is 9.07. The minimum absolute atomic E-state index is 0.134. The minimum Gasteiger partial charge on any atom is -0.369 e. The standard InChI is InChI=1S/C29H29N3O/c30-28(33)29(24-12-6-2-7-13-24,25-14-8-3-9-15-25)26-16-17-27(20-26)32-19-18-31(22-32)21-23-10-4-1-5-11-23/h1-15,18-19,22,26-27H,16-17,20-21H2,(H-,30,33)/p+1. The molecular weight excluding hydrogens is 406 g/mol. The molecule has 0 radical (unpaired) electrons. The van der Waals surface area contributed by atoms with Crippen LogP contribution in [0.4, 0.5) is 0 Å². The second-order valence-electron chi connectivity index (χ2n) is 9.09. The molecule has 2 atom stereocenters. The summed E-state index contributed by atoms with van der Waals surface area (Å²) in [5.41, 5.74) is 8.67. The van der Waals surface area contributed by atoms with E-state index in [2.05, 4.69) is 76.4 Å². The number of nitrogens with two attached hydrogens (primary N) is 1. The third kappa shape index (κ3) is 3.97. The highest BCUT2D eigenvalue weighted by molar-refractivity contribution is 5.91. The van der Waals surface area contributed by atoms with Gasteiger partial charge in [0.2, 0.25) is 12.2 Å². The maximum Gasteiger partial charge on any atom is 0.244 e. The molecule has 0 spiro atoms. The number of imidazole rings is 1. The Kier molecular flexibility index (Phi) is 5.82. The number of hydrogen-bond donors (Lipinski definition) is 1. The van der Waals surface area contributed by atoms with Crippen molar-refractivity contribution in [2.24, 2.45) is 11.7 Å². The van der Waals surface area contributed by atoms with E-state index in [1.54, 1.807) is 0 Å². The van der Waals surface area contributed by atoms with Crippen LogP contribution in [0.1, 0.15) is 42.0 Å². The number of hydrogen-bond acceptors (Lipinski definition) is 1. The molecule has 2 N–H and O–H groups in total. The molecule has 33 heavy (non-hydrogen) atoms. The fourth-order valence-corrected chi connectivity index (χ4v) is 5.66. The quantitative estimate of drug-likeness (QED) is 0.422. The van der Waals surface area contributed by atoms with Crippen LogP contribution in [0.25, 0.3) is 0 Å². The van der Waals surface area contributed by atoms with Crippen LogP contribution in [0.3, 0.4) is 0 Å². The molecule has 3 aromatic carbocycles. The lowest BCUT2D eigenvalue weighted by molar-refractivity contribution is -0.688. The number of aromatic nitrogens is 2. The summed E-state index contributed by atoms with van der Waals surface area (Å²) in [4.78, 5) is 13.3. The number of rotatable bonds is 7. The Labute approximate surface area is 195 Å². The van der Waals surface area contributed by atoms with Crippen LogP contribution in [-0.2, 0) is 16.8 Å². The zero-order chi connectivity index (χ0) is 22.7. The number of carbonyl (C=O) groups excluding carboxylic acids is 1. The molecule has 5 rings (SSSR count). The first kappa shape index (κ1) is 21.2. The van der Waals surface area contributed by atoms with E-state index in [1.807, 2.05) is 42.5 Å². The fourth-order valence-electron chi connectivity index (χ4n) is 5.66. The molecule has 1 saturated carbocycles. The first-order valence-corrected chi connectivity index (χ1v) is 11.7. The highest BCUT2D eigenvalue weighted by Gasteiger charge is 2.50. The van der Waals surface area contributed by atoms with Crippen molar-refractivity contribution >= 4 is 5.91 Å². The van der Waals surface area contributed by atoms with Gasteiger partial charge in [0.1, 0.15) is 30.4 Å². The van der Waals surface area contributed by atoms with Crippen molar-refractivity contribution in [3.63, 3.8) is 0 Å². The predicted molar refractivity (Wildman–Crippen MR) is 129 cm³/mol. The molecule has 1 aliphatic rings. The van der Waals surface area contributed by atoms with E-state index in [1.165, 1.54) is 5.56 Å². The lowest BCUT2D eigenvalue weighted by Crippen LogP contribution is -2.47. The molecule has 4 nitrogen and oxygen atoms in total. The lowest BCUT2D eigenvalue weighted by Gasteiger charge is -2.37. The van der Waals surface area contributed by atoms with Gasteiger partial charge in [-0.05, 0) is 41.9 Å². The van der Waals surface area contributed by atoms with Crippen molar-refractivity contribution < 1.29 is 9.36 Å². The third-order valence-corrected chi connectivity index (χ3v) is 7.21. The summed E-state index contributed by atoms with van der Waals surface area (Å²) in [5.74, 6) is -0.132. The Bertz CT molecular complexity index is 1160. The molecule has 0 aliphatic heterocycles. The van der Waals surface area contributed by atoms with Gasteiger partial charge < -0.3 is 5.73 Å². The number of nitrogens with zero attached hydrogens (tertiary/aromatic N) is 2. The summed E-state index contributed by atoms with van der Waals surface area (Å²) in [7, 11) is 0. The first-order chi connectivity index (χ1) is 16.2. The number of carbonyl (C=O) groups is 1. The van der Waals surface area contributed by atoms with E-state index < -0.39 is 5.41 Å². The molecule has 0 saturated heterocycles. The van der Waals surface area contributed by atoms with Crippen molar-refractivity contribution in [3.05, 3.63) is 126 Å². The van der Waals surface area contributed by atoms with Crippen molar-refractivity contribution in [1.82, 2.24) is 4.57 Å². The smallest absolute Gasteiger partial charge is 0.244 e. The molecule has 1 aliphatic carbocycles. The van der Waals surface area contributed by atoms with Gasteiger partial charge >= 0.3 is 0 Å². The van der Waals surface area contributed by atoms with Crippen molar-refractivity contribution in [2.45, 2.75) is 37.3 Å². The Morgan fingerprint density at radius 1 is 0.879 bits per heavy atom. The number of amides is 1.